The van der Waals surface area contributed by atoms with Gasteiger partial charge in [-0.15, -0.1) is 0 Å². The molecule has 2 aromatic carbocycles. The summed E-state index contributed by atoms with van der Waals surface area (Å²) in [4.78, 5) is 35.8. The average molecular weight is 445 g/mol. The molecule has 0 fully saturated rings. The number of hydrogen-bond acceptors (Lipinski definition) is 5. The Balaban J connectivity index is 1.66. The van der Waals surface area contributed by atoms with E-state index in [0.29, 0.717) is 29.4 Å². The highest BCUT2D eigenvalue weighted by atomic mass is 16.5. The highest BCUT2D eigenvalue weighted by molar-refractivity contribution is 6.09. The van der Waals surface area contributed by atoms with Gasteiger partial charge < -0.3 is 10.5 Å². The number of anilines is 2. The molecule has 0 bridgehead atoms. The van der Waals surface area contributed by atoms with Crippen LogP contribution in [0.4, 0.5) is 11.5 Å². The quantitative estimate of drug-likeness (QED) is 0.481. The van der Waals surface area contributed by atoms with Gasteiger partial charge in [0, 0.05) is 11.1 Å². The van der Waals surface area contributed by atoms with Crippen LogP contribution in [-0.2, 0) is 11.2 Å². The third kappa shape index (κ3) is 4.72. The monoisotopic (exact) mass is 444 g/mol. The summed E-state index contributed by atoms with van der Waals surface area (Å²) in [5.74, 6) is 0.666. The van der Waals surface area contributed by atoms with Gasteiger partial charge >= 0.3 is 0 Å². The maximum absolute atomic E-state index is 12.9. The Morgan fingerprint density at radius 3 is 2.52 bits per heavy atom. The van der Waals surface area contributed by atoms with Gasteiger partial charge in [-0.2, -0.15) is 0 Å². The summed E-state index contributed by atoms with van der Waals surface area (Å²) in [7, 11) is 0. The molecule has 0 unspecified atom stereocenters. The minimum Gasteiger partial charge on any atom is -0.494 e. The van der Waals surface area contributed by atoms with Crippen LogP contribution >= 0.6 is 0 Å². The number of nitrogens with zero attached hydrogens (tertiary/aromatic N) is 3. The molecule has 7 heteroatoms. The first-order valence-electron chi connectivity index (χ1n) is 11.3. The number of nitrogens with two attached hydrogens (primary N) is 1. The molecule has 0 aliphatic carbocycles. The van der Waals surface area contributed by atoms with Gasteiger partial charge in [-0.3, -0.25) is 14.5 Å². The van der Waals surface area contributed by atoms with E-state index < -0.39 is 5.91 Å². The molecule has 7 nitrogen and oxygen atoms in total. The Morgan fingerprint density at radius 1 is 1.06 bits per heavy atom. The Labute approximate surface area is 193 Å². The van der Waals surface area contributed by atoms with Gasteiger partial charge in [0.1, 0.15) is 17.3 Å². The number of para-hydroxylation sites is 1. The van der Waals surface area contributed by atoms with Crippen LogP contribution in [0.25, 0.3) is 11.4 Å². The molecule has 2 N–H and O–H groups in total. The van der Waals surface area contributed by atoms with Crippen LogP contribution < -0.4 is 15.4 Å². The van der Waals surface area contributed by atoms with Gasteiger partial charge in [0.15, 0.2) is 5.82 Å². The number of primary amides is 1. The lowest BCUT2D eigenvalue weighted by Crippen LogP contribution is -2.22. The maximum Gasteiger partial charge on any atom is 0.267 e. The summed E-state index contributed by atoms with van der Waals surface area (Å²) in [5, 5.41) is 0. The van der Waals surface area contributed by atoms with Crippen LogP contribution in [0, 0.1) is 6.92 Å². The number of fused-ring (bicyclic) bond motifs is 1. The first kappa shape index (κ1) is 22.5. The number of unbranched alkanes of at least 4 members (excludes halogenated alkanes) is 3. The molecule has 0 atom stereocenters. The molecule has 2 amide bonds. The molecule has 1 aliphatic heterocycles. The minimum atomic E-state index is -0.679. The van der Waals surface area contributed by atoms with Crippen LogP contribution in [0.5, 0.6) is 5.75 Å². The normalized spacial score (nSPS) is 12.7. The summed E-state index contributed by atoms with van der Waals surface area (Å²) in [6, 6.07) is 15.0. The zero-order valence-corrected chi connectivity index (χ0v) is 19.0. The van der Waals surface area contributed by atoms with Crippen LogP contribution in [-0.4, -0.2) is 28.4 Å². The molecule has 170 valence electrons. The van der Waals surface area contributed by atoms with E-state index >= 15 is 0 Å². The van der Waals surface area contributed by atoms with Crippen molar-refractivity contribution in [3.8, 4) is 17.1 Å². The molecule has 2 heterocycles. The summed E-state index contributed by atoms with van der Waals surface area (Å²) in [6.45, 7) is 4.78. The number of aryl methyl sites for hydroxylation is 1. The summed E-state index contributed by atoms with van der Waals surface area (Å²) in [6.07, 6.45) is 4.61. The van der Waals surface area contributed by atoms with E-state index in [-0.39, 0.29) is 18.0 Å². The lowest BCUT2D eigenvalue weighted by Gasteiger charge is -2.19. The van der Waals surface area contributed by atoms with Gasteiger partial charge in [-0.25, -0.2) is 9.97 Å². The number of ether oxygens (including phenoxy) is 1. The molecule has 0 spiro atoms. The molecule has 0 saturated carbocycles. The van der Waals surface area contributed by atoms with Crippen molar-refractivity contribution in [2.45, 2.75) is 46.0 Å². The molecule has 33 heavy (non-hydrogen) atoms. The topological polar surface area (TPSA) is 98.4 Å². The van der Waals surface area contributed by atoms with Crippen molar-refractivity contribution < 1.29 is 14.3 Å². The van der Waals surface area contributed by atoms with Crippen molar-refractivity contribution in [1.29, 1.82) is 0 Å². The SMILES string of the molecule is CCCCCCOc1ccc(-c2nc(C(N)=O)c3c(n2)N(c2ccccc2C)C(=O)C3)cc1. The Morgan fingerprint density at radius 2 is 1.82 bits per heavy atom. The van der Waals surface area contributed by atoms with E-state index in [9.17, 15) is 9.59 Å². The zero-order valence-electron chi connectivity index (χ0n) is 19.0. The van der Waals surface area contributed by atoms with E-state index in [0.717, 1.165) is 29.8 Å². The number of carbonyl (C=O) groups is 2. The van der Waals surface area contributed by atoms with Gasteiger partial charge in [0.2, 0.25) is 5.91 Å². The highest BCUT2D eigenvalue weighted by Gasteiger charge is 2.35. The first-order valence-corrected chi connectivity index (χ1v) is 11.3. The van der Waals surface area contributed by atoms with Crippen molar-refractivity contribution >= 4 is 23.3 Å². The standard InChI is InChI=1S/C26H28N4O3/c1-3-4-5-8-15-33-19-13-11-18(12-14-19)25-28-23(24(27)32)20-16-22(31)30(26(20)29-25)21-10-7-6-9-17(21)2/h6-7,9-14H,3-5,8,15-16H2,1-2H3,(H2,27,32). The predicted octanol–water partition coefficient (Wildman–Crippen LogP) is 4.73. The largest absolute Gasteiger partial charge is 0.494 e. The molecule has 4 rings (SSSR count). The fraction of sp³-hybridized carbons (Fsp3) is 0.308. The maximum atomic E-state index is 12.9. The van der Waals surface area contributed by atoms with Crippen LogP contribution in [0.3, 0.4) is 0 Å². The van der Waals surface area contributed by atoms with E-state index in [4.69, 9.17) is 10.5 Å². The second-order valence-corrected chi connectivity index (χ2v) is 8.19. The lowest BCUT2D eigenvalue weighted by atomic mass is 10.1. The number of amides is 2. The molecular weight excluding hydrogens is 416 g/mol. The average Bonchev–Trinajstić information content (AvgIpc) is 3.14. The van der Waals surface area contributed by atoms with E-state index in [1.165, 1.54) is 12.8 Å². The molecule has 1 aliphatic rings. The Kier molecular flexibility index (Phi) is 6.68. The Hall–Kier alpha value is -3.74. The van der Waals surface area contributed by atoms with Crippen LogP contribution in [0.2, 0.25) is 0 Å². The van der Waals surface area contributed by atoms with E-state index in [1.54, 1.807) is 4.90 Å². The fourth-order valence-corrected chi connectivity index (χ4v) is 3.98. The predicted molar refractivity (Wildman–Crippen MR) is 128 cm³/mol. The second kappa shape index (κ2) is 9.81. The smallest absolute Gasteiger partial charge is 0.267 e. The van der Waals surface area contributed by atoms with Crippen molar-refractivity contribution in [3.63, 3.8) is 0 Å². The molecule has 3 aromatic rings. The number of hydrogen-bond donors (Lipinski definition) is 1. The molecule has 0 saturated heterocycles. The number of rotatable bonds is 9. The number of benzene rings is 2. The second-order valence-electron chi connectivity index (χ2n) is 8.19. The molecule has 0 radical (unpaired) electrons. The fourth-order valence-electron chi connectivity index (χ4n) is 3.98. The van der Waals surface area contributed by atoms with Crippen molar-refractivity contribution in [2.24, 2.45) is 5.73 Å². The summed E-state index contributed by atoms with van der Waals surface area (Å²) in [5.41, 5.74) is 8.54. The zero-order chi connectivity index (χ0) is 23.4. The van der Waals surface area contributed by atoms with Gasteiger partial charge in [-0.05, 0) is 49.2 Å². The lowest BCUT2D eigenvalue weighted by molar-refractivity contribution is -0.116. The summed E-state index contributed by atoms with van der Waals surface area (Å²) >= 11 is 0. The van der Waals surface area contributed by atoms with Gasteiger partial charge in [0.05, 0.1) is 18.7 Å². The van der Waals surface area contributed by atoms with Crippen LogP contribution in [0.15, 0.2) is 48.5 Å². The van der Waals surface area contributed by atoms with E-state index in [2.05, 4.69) is 16.9 Å². The van der Waals surface area contributed by atoms with Crippen LogP contribution in [0.1, 0.15) is 54.2 Å². The highest BCUT2D eigenvalue weighted by Crippen LogP contribution is 2.38. The van der Waals surface area contributed by atoms with Crippen molar-refractivity contribution in [2.75, 3.05) is 11.5 Å². The van der Waals surface area contributed by atoms with Gasteiger partial charge in [-0.1, -0.05) is 44.4 Å². The first-order chi connectivity index (χ1) is 16.0. The number of carbonyl (C=O) groups excluding carboxylic acids is 2. The Bertz CT molecular complexity index is 1170. The van der Waals surface area contributed by atoms with E-state index in [1.807, 2.05) is 55.5 Å². The number of aromatic nitrogens is 2. The summed E-state index contributed by atoms with van der Waals surface area (Å²) < 4.78 is 5.81. The minimum absolute atomic E-state index is 0.0348. The third-order valence-electron chi connectivity index (χ3n) is 5.74. The van der Waals surface area contributed by atoms with Crippen molar-refractivity contribution in [3.05, 3.63) is 65.4 Å². The van der Waals surface area contributed by atoms with Gasteiger partial charge in [0.25, 0.3) is 5.91 Å². The van der Waals surface area contributed by atoms with Crippen molar-refractivity contribution in [1.82, 2.24) is 9.97 Å². The third-order valence-corrected chi connectivity index (χ3v) is 5.74. The molecule has 1 aromatic heterocycles. The molecular formula is C26H28N4O3.